The topological polar surface area (TPSA) is 37.4 Å². The fourth-order valence-corrected chi connectivity index (χ4v) is 3.90. The Bertz CT molecular complexity index is 667. The normalized spacial score (nSPS) is 12.0. The SMILES string of the molecule is CN(Cc1ccc(Cl)s1)S(=O)(=O)c1ccc(F)cc1. The highest BCUT2D eigenvalue weighted by Crippen LogP contribution is 2.24. The molecule has 0 bridgehead atoms. The average Bonchev–Trinajstić information content (AvgIpc) is 2.75. The van der Waals surface area contributed by atoms with E-state index in [0.717, 1.165) is 17.0 Å². The van der Waals surface area contributed by atoms with Gasteiger partial charge < -0.3 is 0 Å². The molecule has 0 fully saturated rings. The summed E-state index contributed by atoms with van der Waals surface area (Å²) in [6.45, 7) is 0.233. The van der Waals surface area contributed by atoms with Crippen molar-refractivity contribution in [3.63, 3.8) is 0 Å². The van der Waals surface area contributed by atoms with Crippen molar-refractivity contribution in [2.45, 2.75) is 11.4 Å². The number of sulfonamides is 1. The van der Waals surface area contributed by atoms with Crippen LogP contribution in [0.15, 0.2) is 41.3 Å². The summed E-state index contributed by atoms with van der Waals surface area (Å²) in [5.41, 5.74) is 0. The lowest BCUT2D eigenvalue weighted by atomic mass is 10.4. The predicted molar refractivity (Wildman–Crippen MR) is 74.4 cm³/mol. The van der Waals surface area contributed by atoms with Crippen LogP contribution in [0, 0.1) is 5.82 Å². The van der Waals surface area contributed by atoms with Gasteiger partial charge in [0.1, 0.15) is 5.82 Å². The van der Waals surface area contributed by atoms with Crippen molar-refractivity contribution in [1.29, 1.82) is 0 Å². The fourth-order valence-electron chi connectivity index (χ4n) is 1.53. The minimum absolute atomic E-state index is 0.0686. The molecule has 0 atom stereocenters. The van der Waals surface area contributed by atoms with E-state index < -0.39 is 15.8 Å². The van der Waals surface area contributed by atoms with Gasteiger partial charge in [-0.2, -0.15) is 4.31 Å². The highest BCUT2D eigenvalue weighted by atomic mass is 35.5. The lowest BCUT2D eigenvalue weighted by Gasteiger charge is -2.16. The Morgan fingerprint density at radius 1 is 1.21 bits per heavy atom. The molecule has 0 unspecified atom stereocenters. The Balaban J connectivity index is 2.21. The second-order valence-electron chi connectivity index (χ2n) is 3.92. The summed E-state index contributed by atoms with van der Waals surface area (Å²) in [5.74, 6) is -0.466. The molecule has 0 saturated carbocycles. The number of benzene rings is 1. The highest BCUT2D eigenvalue weighted by molar-refractivity contribution is 7.89. The van der Waals surface area contributed by atoms with E-state index in [1.54, 1.807) is 12.1 Å². The number of hydrogen-bond acceptors (Lipinski definition) is 3. The van der Waals surface area contributed by atoms with Crippen molar-refractivity contribution in [2.24, 2.45) is 0 Å². The van der Waals surface area contributed by atoms with E-state index in [0.29, 0.717) is 4.34 Å². The quantitative estimate of drug-likeness (QED) is 0.866. The second kappa shape index (κ2) is 5.58. The lowest BCUT2D eigenvalue weighted by Crippen LogP contribution is -2.26. The molecule has 2 rings (SSSR count). The predicted octanol–water partition coefficient (Wildman–Crippen LogP) is 3.36. The van der Waals surface area contributed by atoms with Crippen LogP contribution in [-0.4, -0.2) is 19.8 Å². The van der Waals surface area contributed by atoms with Gasteiger partial charge in [-0.1, -0.05) is 11.6 Å². The van der Waals surface area contributed by atoms with Gasteiger partial charge in [0.2, 0.25) is 10.0 Å². The van der Waals surface area contributed by atoms with Gasteiger partial charge in [-0.05, 0) is 36.4 Å². The molecular weight excluding hydrogens is 309 g/mol. The van der Waals surface area contributed by atoms with E-state index in [9.17, 15) is 12.8 Å². The van der Waals surface area contributed by atoms with Crippen LogP contribution in [0.25, 0.3) is 0 Å². The van der Waals surface area contributed by atoms with Crippen molar-refractivity contribution in [1.82, 2.24) is 4.31 Å². The molecule has 1 heterocycles. The Labute approximate surface area is 120 Å². The summed E-state index contributed by atoms with van der Waals surface area (Å²) in [5, 5.41) is 0. The third-order valence-corrected chi connectivity index (χ3v) is 5.56. The Morgan fingerprint density at radius 3 is 2.37 bits per heavy atom. The van der Waals surface area contributed by atoms with Crippen LogP contribution in [0.3, 0.4) is 0 Å². The van der Waals surface area contributed by atoms with Crippen molar-refractivity contribution < 1.29 is 12.8 Å². The van der Waals surface area contributed by atoms with E-state index in [1.807, 2.05) is 0 Å². The van der Waals surface area contributed by atoms with Gasteiger partial charge in [-0.3, -0.25) is 0 Å². The summed E-state index contributed by atoms with van der Waals surface area (Å²) in [6, 6.07) is 8.26. The lowest BCUT2D eigenvalue weighted by molar-refractivity contribution is 0.469. The summed E-state index contributed by atoms with van der Waals surface area (Å²) in [4.78, 5) is 0.914. The third kappa shape index (κ3) is 3.33. The minimum atomic E-state index is -3.61. The van der Waals surface area contributed by atoms with Gasteiger partial charge in [-0.15, -0.1) is 11.3 Å². The first-order valence-electron chi connectivity index (χ1n) is 5.36. The van der Waals surface area contributed by atoms with Crippen LogP contribution in [-0.2, 0) is 16.6 Å². The van der Waals surface area contributed by atoms with Crippen LogP contribution >= 0.6 is 22.9 Å². The molecule has 0 N–H and O–H groups in total. The molecule has 19 heavy (non-hydrogen) atoms. The van der Waals surface area contributed by atoms with Crippen LogP contribution in [0.2, 0.25) is 4.34 Å². The van der Waals surface area contributed by atoms with Crippen molar-refractivity contribution >= 4 is 33.0 Å². The first-order valence-corrected chi connectivity index (χ1v) is 7.99. The standard InChI is InChI=1S/C12H11ClFNO2S2/c1-15(8-10-4-7-12(13)18-10)19(16,17)11-5-2-9(14)3-6-11/h2-7H,8H2,1H3. The molecule has 0 saturated heterocycles. The first kappa shape index (κ1) is 14.5. The Hall–Kier alpha value is -0.950. The fraction of sp³-hybridized carbons (Fsp3) is 0.167. The molecule has 0 aliphatic rings. The highest BCUT2D eigenvalue weighted by Gasteiger charge is 2.21. The minimum Gasteiger partial charge on any atom is -0.207 e. The summed E-state index contributed by atoms with van der Waals surface area (Å²) in [7, 11) is -2.14. The van der Waals surface area contributed by atoms with Crippen molar-refractivity contribution in [3.05, 3.63) is 51.4 Å². The first-order chi connectivity index (χ1) is 8.89. The molecule has 3 nitrogen and oxygen atoms in total. The van der Waals surface area contributed by atoms with Crippen molar-refractivity contribution in [3.8, 4) is 0 Å². The Kier molecular flexibility index (Phi) is 4.25. The van der Waals surface area contributed by atoms with Gasteiger partial charge in [-0.25, -0.2) is 12.8 Å². The maximum atomic E-state index is 12.8. The largest absolute Gasteiger partial charge is 0.243 e. The molecule has 0 spiro atoms. The second-order valence-corrected chi connectivity index (χ2v) is 7.77. The monoisotopic (exact) mass is 319 g/mol. The summed E-state index contributed by atoms with van der Waals surface area (Å²) >= 11 is 7.13. The number of halogens is 2. The Morgan fingerprint density at radius 2 is 1.84 bits per heavy atom. The molecule has 1 aromatic carbocycles. The molecule has 0 radical (unpaired) electrons. The number of thiophene rings is 1. The van der Waals surface area contributed by atoms with Gasteiger partial charge in [0, 0.05) is 18.5 Å². The van der Waals surface area contributed by atoms with Crippen molar-refractivity contribution in [2.75, 3.05) is 7.05 Å². The number of rotatable bonds is 4. The zero-order valence-corrected chi connectivity index (χ0v) is 12.4. The van der Waals surface area contributed by atoms with E-state index in [2.05, 4.69) is 0 Å². The zero-order valence-electron chi connectivity index (χ0n) is 10.0. The molecule has 1 aromatic heterocycles. The van der Waals surface area contributed by atoms with Gasteiger partial charge in [0.15, 0.2) is 0 Å². The smallest absolute Gasteiger partial charge is 0.207 e. The molecule has 2 aromatic rings. The zero-order chi connectivity index (χ0) is 14.0. The third-order valence-electron chi connectivity index (χ3n) is 2.53. The molecule has 7 heteroatoms. The van der Waals surface area contributed by atoms with E-state index in [4.69, 9.17) is 11.6 Å². The molecular formula is C12H11ClFNO2S2. The molecule has 0 aliphatic carbocycles. The van der Waals surface area contributed by atoms with Gasteiger partial charge in [0.25, 0.3) is 0 Å². The summed E-state index contributed by atoms with van der Waals surface area (Å²) < 4.78 is 39.1. The van der Waals surface area contributed by atoms with Gasteiger partial charge >= 0.3 is 0 Å². The van der Waals surface area contributed by atoms with E-state index in [1.165, 1.54) is 34.8 Å². The maximum absolute atomic E-state index is 12.8. The average molecular weight is 320 g/mol. The van der Waals surface area contributed by atoms with E-state index in [-0.39, 0.29) is 11.4 Å². The van der Waals surface area contributed by atoms with Gasteiger partial charge in [0.05, 0.1) is 9.23 Å². The van der Waals surface area contributed by atoms with Crippen LogP contribution in [0.4, 0.5) is 4.39 Å². The molecule has 0 amide bonds. The van der Waals surface area contributed by atoms with Crippen LogP contribution < -0.4 is 0 Å². The molecule has 102 valence electrons. The van der Waals surface area contributed by atoms with Crippen LogP contribution in [0.1, 0.15) is 4.88 Å². The van der Waals surface area contributed by atoms with Crippen LogP contribution in [0.5, 0.6) is 0 Å². The summed E-state index contributed by atoms with van der Waals surface area (Å²) in [6.07, 6.45) is 0. The maximum Gasteiger partial charge on any atom is 0.243 e. The number of nitrogens with zero attached hydrogens (tertiary/aromatic N) is 1. The van der Waals surface area contributed by atoms with E-state index >= 15 is 0 Å². The number of hydrogen-bond donors (Lipinski definition) is 0. The molecule has 0 aliphatic heterocycles.